The summed E-state index contributed by atoms with van der Waals surface area (Å²) < 4.78 is 16.6. The topological polar surface area (TPSA) is 99.0 Å². The Balaban J connectivity index is 0.000000278. The summed E-state index contributed by atoms with van der Waals surface area (Å²) in [5.74, 6) is -0.640. The van der Waals surface area contributed by atoms with Crippen molar-refractivity contribution >= 4 is 28.4 Å². The van der Waals surface area contributed by atoms with E-state index in [1.165, 1.54) is 16.8 Å². The van der Waals surface area contributed by atoms with E-state index < -0.39 is 5.91 Å². The molecule has 2 N–H and O–H groups in total. The van der Waals surface area contributed by atoms with E-state index in [9.17, 15) is 14.0 Å². The Morgan fingerprint density at radius 2 is 1.71 bits per heavy atom. The lowest BCUT2D eigenvalue weighted by molar-refractivity contribution is -0.120. The molecule has 3 heterocycles. The SMILES string of the molecule is C[C@H]1C[C@@H](c2ccccc2)N(c2ccc3c(cnn3-c3ccc(F)cc3)c2)C1=O.Cn1ccc(C(N)=O)n1. The van der Waals surface area contributed by atoms with Crippen molar-refractivity contribution in [3.63, 3.8) is 0 Å². The van der Waals surface area contributed by atoms with Gasteiger partial charge in [-0.25, -0.2) is 9.07 Å². The smallest absolute Gasteiger partial charge is 0.269 e. The number of amides is 2. The van der Waals surface area contributed by atoms with E-state index in [2.05, 4.69) is 22.3 Å². The van der Waals surface area contributed by atoms with Crippen LogP contribution >= 0.6 is 0 Å². The van der Waals surface area contributed by atoms with Gasteiger partial charge in [0.15, 0.2) is 0 Å². The third-order valence-corrected chi connectivity index (χ3v) is 6.60. The molecule has 0 aliphatic carbocycles. The third kappa shape index (κ3) is 4.90. The van der Waals surface area contributed by atoms with E-state index in [0.29, 0.717) is 5.69 Å². The molecule has 1 aliphatic rings. The fraction of sp³-hybridized carbons (Fsp3) is 0.172. The fourth-order valence-electron chi connectivity index (χ4n) is 4.70. The number of halogens is 1. The Labute approximate surface area is 219 Å². The van der Waals surface area contributed by atoms with Gasteiger partial charge < -0.3 is 10.6 Å². The summed E-state index contributed by atoms with van der Waals surface area (Å²) in [4.78, 5) is 25.2. The van der Waals surface area contributed by atoms with E-state index in [0.717, 1.165) is 34.3 Å². The number of anilines is 1. The highest BCUT2D eigenvalue weighted by molar-refractivity contribution is 6.00. The molecule has 3 aromatic carbocycles. The summed E-state index contributed by atoms with van der Waals surface area (Å²) in [7, 11) is 1.73. The van der Waals surface area contributed by atoms with Crippen molar-refractivity contribution in [3.05, 3.63) is 108 Å². The second-order valence-corrected chi connectivity index (χ2v) is 9.29. The van der Waals surface area contributed by atoms with Crippen molar-refractivity contribution in [2.75, 3.05) is 4.90 Å². The molecule has 0 bridgehead atoms. The number of nitrogens with zero attached hydrogens (tertiary/aromatic N) is 5. The minimum atomic E-state index is -0.490. The Morgan fingerprint density at radius 1 is 1.00 bits per heavy atom. The highest BCUT2D eigenvalue weighted by Gasteiger charge is 2.38. The molecule has 9 heteroatoms. The van der Waals surface area contributed by atoms with Crippen LogP contribution in [0.1, 0.15) is 35.4 Å². The molecule has 2 atom stereocenters. The first-order chi connectivity index (χ1) is 18.3. The Morgan fingerprint density at radius 3 is 2.34 bits per heavy atom. The Bertz CT molecular complexity index is 1590. The second kappa shape index (κ2) is 10.3. The fourth-order valence-corrected chi connectivity index (χ4v) is 4.70. The summed E-state index contributed by atoms with van der Waals surface area (Å²) in [5.41, 5.74) is 8.94. The molecular formula is C29H27FN6O2. The molecule has 0 saturated carbocycles. The van der Waals surface area contributed by atoms with Crippen molar-refractivity contribution in [2.45, 2.75) is 19.4 Å². The summed E-state index contributed by atoms with van der Waals surface area (Å²) in [6.07, 6.45) is 4.25. The van der Waals surface area contributed by atoms with Gasteiger partial charge in [0.1, 0.15) is 11.5 Å². The summed E-state index contributed by atoms with van der Waals surface area (Å²) in [6.45, 7) is 1.99. The minimum absolute atomic E-state index is 0.0159. The largest absolute Gasteiger partial charge is 0.364 e. The lowest BCUT2D eigenvalue weighted by Crippen LogP contribution is -2.28. The predicted molar refractivity (Wildman–Crippen MR) is 143 cm³/mol. The summed E-state index contributed by atoms with van der Waals surface area (Å²) in [6, 6.07) is 24.0. The number of hydrogen-bond donors (Lipinski definition) is 1. The maximum absolute atomic E-state index is 13.2. The maximum Gasteiger partial charge on any atom is 0.269 e. The number of aryl methyl sites for hydroxylation is 1. The first-order valence-corrected chi connectivity index (χ1v) is 12.2. The summed E-state index contributed by atoms with van der Waals surface area (Å²) in [5, 5.41) is 9.15. The van der Waals surface area contributed by atoms with Crippen LogP contribution in [-0.2, 0) is 11.8 Å². The van der Waals surface area contributed by atoms with Gasteiger partial charge in [-0.3, -0.25) is 14.3 Å². The van der Waals surface area contributed by atoms with Gasteiger partial charge in [-0.15, -0.1) is 0 Å². The van der Waals surface area contributed by atoms with Crippen LogP contribution in [0.5, 0.6) is 0 Å². The molecule has 6 rings (SSSR count). The van der Waals surface area contributed by atoms with Gasteiger partial charge in [-0.05, 0) is 60.5 Å². The molecule has 0 spiro atoms. The van der Waals surface area contributed by atoms with E-state index in [1.807, 2.05) is 48.2 Å². The van der Waals surface area contributed by atoms with Crippen LogP contribution in [0, 0.1) is 11.7 Å². The van der Waals surface area contributed by atoms with Crippen LogP contribution in [0.2, 0.25) is 0 Å². The van der Waals surface area contributed by atoms with Crippen LogP contribution in [0.4, 0.5) is 10.1 Å². The molecule has 0 radical (unpaired) electrons. The molecule has 192 valence electrons. The highest BCUT2D eigenvalue weighted by Crippen LogP contribution is 2.40. The van der Waals surface area contributed by atoms with Crippen molar-refractivity contribution in [1.82, 2.24) is 19.6 Å². The zero-order valence-corrected chi connectivity index (χ0v) is 21.0. The van der Waals surface area contributed by atoms with Crippen LogP contribution in [-0.4, -0.2) is 31.4 Å². The molecule has 38 heavy (non-hydrogen) atoms. The minimum Gasteiger partial charge on any atom is -0.364 e. The molecule has 2 amide bonds. The first-order valence-electron chi connectivity index (χ1n) is 12.2. The van der Waals surface area contributed by atoms with E-state index in [1.54, 1.807) is 42.3 Å². The van der Waals surface area contributed by atoms with Crippen LogP contribution in [0.3, 0.4) is 0 Å². The molecule has 5 aromatic rings. The lowest BCUT2D eigenvalue weighted by Gasteiger charge is -2.25. The van der Waals surface area contributed by atoms with Crippen molar-refractivity contribution in [3.8, 4) is 5.69 Å². The molecule has 2 aromatic heterocycles. The predicted octanol–water partition coefficient (Wildman–Crippen LogP) is 4.80. The maximum atomic E-state index is 13.2. The van der Waals surface area contributed by atoms with Crippen molar-refractivity contribution in [1.29, 1.82) is 0 Å². The van der Waals surface area contributed by atoms with Gasteiger partial charge in [0.25, 0.3) is 5.91 Å². The normalized spacial score (nSPS) is 16.9. The van der Waals surface area contributed by atoms with E-state index in [-0.39, 0.29) is 23.7 Å². The first kappa shape index (κ1) is 24.9. The van der Waals surface area contributed by atoms with Gasteiger partial charge in [0, 0.05) is 30.2 Å². The van der Waals surface area contributed by atoms with Gasteiger partial charge in [-0.1, -0.05) is 37.3 Å². The van der Waals surface area contributed by atoms with Gasteiger partial charge in [0.2, 0.25) is 5.91 Å². The molecular weight excluding hydrogens is 483 g/mol. The number of aromatic nitrogens is 4. The monoisotopic (exact) mass is 510 g/mol. The standard InChI is InChI=1S/C24H20FN3O.C5H7N3O/c1-16-13-23(17-5-3-2-4-6-17)27(24(16)29)21-11-12-22-18(14-21)15-26-28(22)20-9-7-19(25)8-10-20;1-8-3-2-4(7-8)5(6)9/h2-12,14-16,23H,13H2,1H3;2-3H,1H3,(H2,6,9)/t16-,23-;/m0./s1. The number of hydrogen-bond acceptors (Lipinski definition) is 4. The van der Waals surface area contributed by atoms with Crippen molar-refractivity contribution in [2.24, 2.45) is 18.7 Å². The zero-order valence-electron chi connectivity index (χ0n) is 21.0. The Kier molecular flexibility index (Phi) is 6.74. The third-order valence-electron chi connectivity index (χ3n) is 6.60. The number of fused-ring (bicyclic) bond motifs is 1. The number of benzene rings is 3. The molecule has 1 saturated heterocycles. The Hall–Kier alpha value is -4.79. The number of carbonyl (C=O) groups excluding carboxylic acids is 2. The number of rotatable bonds is 4. The van der Waals surface area contributed by atoms with Crippen LogP contribution in [0.25, 0.3) is 16.6 Å². The number of nitrogens with two attached hydrogens (primary N) is 1. The van der Waals surface area contributed by atoms with Gasteiger partial charge in [-0.2, -0.15) is 10.2 Å². The molecule has 1 aliphatic heterocycles. The van der Waals surface area contributed by atoms with E-state index >= 15 is 0 Å². The van der Waals surface area contributed by atoms with Gasteiger partial charge in [0.05, 0.1) is 23.4 Å². The zero-order chi connectivity index (χ0) is 26.8. The van der Waals surface area contributed by atoms with Crippen LogP contribution < -0.4 is 10.6 Å². The quantitative estimate of drug-likeness (QED) is 0.376. The van der Waals surface area contributed by atoms with E-state index in [4.69, 9.17) is 5.73 Å². The molecule has 1 fully saturated rings. The number of carbonyl (C=O) groups is 2. The number of primary amides is 1. The molecule has 0 unspecified atom stereocenters. The van der Waals surface area contributed by atoms with Gasteiger partial charge >= 0.3 is 0 Å². The molecule has 8 nitrogen and oxygen atoms in total. The lowest BCUT2D eigenvalue weighted by atomic mass is 10.0. The van der Waals surface area contributed by atoms with Crippen LogP contribution in [0.15, 0.2) is 91.3 Å². The average molecular weight is 511 g/mol. The van der Waals surface area contributed by atoms with Crippen molar-refractivity contribution < 1.29 is 14.0 Å². The average Bonchev–Trinajstić information content (AvgIpc) is 3.63. The summed E-state index contributed by atoms with van der Waals surface area (Å²) >= 11 is 0. The second-order valence-electron chi connectivity index (χ2n) is 9.29. The highest BCUT2D eigenvalue weighted by atomic mass is 19.1.